The molecule has 0 aromatic heterocycles. The summed E-state index contributed by atoms with van der Waals surface area (Å²) in [5.74, 6) is 2.38. The minimum Gasteiger partial charge on any atom is -0.493 e. The average Bonchev–Trinajstić information content (AvgIpc) is 3.25. The standard InChI is InChI=1S/C24H31NO3S/c1-4-5-6-7-9-18-12-14-19(15-13-18)23(26)25-16-17-29-24(25)20-10-8-11-21(27-2)22(20)28-3/h8,10-15,24H,4-7,9,16-17H2,1-3H3/t24-/m0/s1. The van der Waals surface area contributed by atoms with Crippen molar-refractivity contribution in [3.63, 3.8) is 0 Å². The predicted octanol–water partition coefficient (Wildman–Crippen LogP) is 5.71. The summed E-state index contributed by atoms with van der Waals surface area (Å²) >= 11 is 1.76. The van der Waals surface area contributed by atoms with E-state index in [9.17, 15) is 4.79 Å². The monoisotopic (exact) mass is 413 g/mol. The molecule has 1 fully saturated rings. The van der Waals surface area contributed by atoms with Gasteiger partial charge in [0.15, 0.2) is 11.5 Å². The van der Waals surface area contributed by atoms with E-state index >= 15 is 0 Å². The minimum absolute atomic E-state index is 0.0683. The van der Waals surface area contributed by atoms with Crippen molar-refractivity contribution in [2.45, 2.75) is 44.4 Å². The summed E-state index contributed by atoms with van der Waals surface area (Å²) in [4.78, 5) is 15.2. The van der Waals surface area contributed by atoms with Crippen molar-refractivity contribution >= 4 is 17.7 Å². The molecule has 1 aliphatic heterocycles. The fourth-order valence-corrected chi connectivity index (χ4v) is 5.05. The molecule has 2 aromatic rings. The maximum absolute atomic E-state index is 13.2. The number of unbranched alkanes of at least 4 members (excludes halogenated alkanes) is 3. The number of thioether (sulfide) groups is 1. The Kier molecular flexibility index (Phi) is 7.87. The molecule has 0 aliphatic carbocycles. The number of rotatable bonds is 9. The Morgan fingerprint density at radius 2 is 1.86 bits per heavy atom. The molecule has 5 heteroatoms. The highest BCUT2D eigenvalue weighted by Gasteiger charge is 2.33. The first kappa shape index (κ1) is 21.6. The van der Waals surface area contributed by atoms with Gasteiger partial charge in [0.1, 0.15) is 5.37 Å². The van der Waals surface area contributed by atoms with Crippen LogP contribution < -0.4 is 9.47 Å². The van der Waals surface area contributed by atoms with Crippen LogP contribution in [0.3, 0.4) is 0 Å². The number of hydrogen-bond donors (Lipinski definition) is 0. The number of amides is 1. The Hall–Kier alpha value is -2.14. The molecule has 2 aromatic carbocycles. The number of aryl methyl sites for hydroxylation is 1. The molecule has 3 rings (SSSR count). The topological polar surface area (TPSA) is 38.8 Å². The summed E-state index contributed by atoms with van der Waals surface area (Å²) in [5, 5.41) is -0.0683. The van der Waals surface area contributed by atoms with Crippen LogP contribution in [-0.4, -0.2) is 37.3 Å². The Morgan fingerprint density at radius 1 is 1.07 bits per heavy atom. The molecule has 1 amide bonds. The quantitative estimate of drug-likeness (QED) is 0.493. The molecule has 0 saturated carbocycles. The number of carbonyl (C=O) groups is 1. The van der Waals surface area contributed by atoms with Crippen LogP contribution >= 0.6 is 11.8 Å². The van der Waals surface area contributed by atoms with Gasteiger partial charge in [-0.3, -0.25) is 4.79 Å². The third-order valence-corrected chi connectivity index (χ3v) is 6.61. The van der Waals surface area contributed by atoms with Crippen LogP contribution in [0.5, 0.6) is 11.5 Å². The van der Waals surface area contributed by atoms with Gasteiger partial charge in [0, 0.05) is 23.4 Å². The van der Waals surface area contributed by atoms with Crippen molar-refractivity contribution in [3.8, 4) is 11.5 Å². The summed E-state index contributed by atoms with van der Waals surface area (Å²) in [6.45, 7) is 2.96. The van der Waals surface area contributed by atoms with Crippen LogP contribution in [0, 0.1) is 0 Å². The first-order valence-electron chi connectivity index (χ1n) is 10.4. The molecule has 1 aliphatic rings. The molecular weight excluding hydrogens is 382 g/mol. The number of hydrogen-bond acceptors (Lipinski definition) is 4. The van der Waals surface area contributed by atoms with Crippen molar-refractivity contribution in [2.75, 3.05) is 26.5 Å². The molecule has 156 valence electrons. The van der Waals surface area contributed by atoms with Crippen LogP contribution in [0.1, 0.15) is 59.5 Å². The van der Waals surface area contributed by atoms with E-state index in [2.05, 4.69) is 19.1 Å². The van der Waals surface area contributed by atoms with E-state index in [1.165, 1.54) is 31.2 Å². The molecule has 4 nitrogen and oxygen atoms in total. The summed E-state index contributed by atoms with van der Waals surface area (Å²) in [6.07, 6.45) is 6.10. The van der Waals surface area contributed by atoms with Gasteiger partial charge in [0.2, 0.25) is 0 Å². The second-order valence-electron chi connectivity index (χ2n) is 7.31. The molecule has 1 atom stereocenters. The molecule has 29 heavy (non-hydrogen) atoms. The first-order chi connectivity index (χ1) is 14.2. The Labute approximate surface area is 178 Å². The highest BCUT2D eigenvalue weighted by molar-refractivity contribution is 7.99. The number of benzene rings is 2. The van der Waals surface area contributed by atoms with Gasteiger partial charge in [-0.05, 0) is 36.6 Å². The molecular formula is C24H31NO3S. The van der Waals surface area contributed by atoms with Crippen LogP contribution in [0.2, 0.25) is 0 Å². The second-order valence-corrected chi connectivity index (χ2v) is 8.50. The van der Waals surface area contributed by atoms with E-state index in [1.54, 1.807) is 26.0 Å². The van der Waals surface area contributed by atoms with Crippen molar-refractivity contribution in [1.82, 2.24) is 4.90 Å². The molecule has 0 N–H and O–H groups in total. The highest BCUT2D eigenvalue weighted by atomic mass is 32.2. The summed E-state index contributed by atoms with van der Waals surface area (Å²) < 4.78 is 11.0. The fourth-order valence-electron chi connectivity index (χ4n) is 3.78. The molecule has 0 spiro atoms. The lowest BCUT2D eigenvalue weighted by Gasteiger charge is -2.26. The van der Waals surface area contributed by atoms with Gasteiger partial charge >= 0.3 is 0 Å². The number of methoxy groups -OCH3 is 2. The van der Waals surface area contributed by atoms with Crippen LogP contribution in [0.15, 0.2) is 42.5 Å². The van der Waals surface area contributed by atoms with Gasteiger partial charge in [0.05, 0.1) is 14.2 Å². The number of carbonyl (C=O) groups excluding carboxylic acids is 1. The van der Waals surface area contributed by atoms with Gasteiger partial charge in [-0.25, -0.2) is 0 Å². The lowest BCUT2D eigenvalue weighted by molar-refractivity contribution is 0.0759. The van der Waals surface area contributed by atoms with E-state index in [0.717, 1.165) is 29.8 Å². The normalized spacial score (nSPS) is 16.1. The van der Waals surface area contributed by atoms with Crippen LogP contribution in [0.25, 0.3) is 0 Å². The molecule has 0 radical (unpaired) electrons. The van der Waals surface area contributed by atoms with Crippen LogP contribution in [-0.2, 0) is 6.42 Å². The van der Waals surface area contributed by atoms with E-state index in [1.807, 2.05) is 35.2 Å². The van der Waals surface area contributed by atoms with Gasteiger partial charge in [-0.1, -0.05) is 50.5 Å². The predicted molar refractivity (Wildman–Crippen MR) is 120 cm³/mol. The Morgan fingerprint density at radius 3 is 2.55 bits per heavy atom. The number of ether oxygens (including phenoxy) is 2. The zero-order valence-corrected chi connectivity index (χ0v) is 18.5. The zero-order valence-electron chi connectivity index (χ0n) is 17.6. The van der Waals surface area contributed by atoms with Gasteiger partial charge in [-0.2, -0.15) is 0 Å². The highest BCUT2D eigenvalue weighted by Crippen LogP contribution is 2.45. The SMILES string of the molecule is CCCCCCc1ccc(C(=O)N2CCS[C@H]2c2cccc(OC)c2OC)cc1. The number of para-hydroxylation sites is 1. The van der Waals surface area contributed by atoms with E-state index in [0.29, 0.717) is 11.5 Å². The lowest BCUT2D eigenvalue weighted by atomic mass is 10.0. The van der Waals surface area contributed by atoms with E-state index < -0.39 is 0 Å². The molecule has 1 saturated heterocycles. The largest absolute Gasteiger partial charge is 0.493 e. The van der Waals surface area contributed by atoms with Crippen molar-refractivity contribution in [1.29, 1.82) is 0 Å². The summed E-state index contributed by atoms with van der Waals surface area (Å²) in [6, 6.07) is 14.0. The van der Waals surface area contributed by atoms with E-state index in [-0.39, 0.29) is 11.3 Å². The summed E-state index contributed by atoms with van der Waals surface area (Å²) in [5.41, 5.74) is 3.03. The molecule has 1 heterocycles. The van der Waals surface area contributed by atoms with Crippen molar-refractivity contribution < 1.29 is 14.3 Å². The van der Waals surface area contributed by atoms with Crippen LogP contribution in [0.4, 0.5) is 0 Å². The third kappa shape index (κ3) is 5.08. The lowest BCUT2D eigenvalue weighted by Crippen LogP contribution is -2.30. The smallest absolute Gasteiger partial charge is 0.255 e. The molecule has 0 bridgehead atoms. The maximum Gasteiger partial charge on any atom is 0.255 e. The first-order valence-corrected chi connectivity index (χ1v) is 11.5. The second kappa shape index (κ2) is 10.6. The summed E-state index contributed by atoms with van der Waals surface area (Å²) in [7, 11) is 3.28. The fraction of sp³-hybridized carbons (Fsp3) is 0.458. The van der Waals surface area contributed by atoms with Gasteiger partial charge < -0.3 is 14.4 Å². The van der Waals surface area contributed by atoms with Crippen molar-refractivity contribution in [2.24, 2.45) is 0 Å². The zero-order chi connectivity index (χ0) is 20.6. The Balaban J connectivity index is 1.74. The van der Waals surface area contributed by atoms with Gasteiger partial charge in [-0.15, -0.1) is 11.8 Å². The van der Waals surface area contributed by atoms with Crippen molar-refractivity contribution in [3.05, 3.63) is 59.2 Å². The third-order valence-electron chi connectivity index (χ3n) is 5.37. The Bertz CT molecular complexity index is 806. The van der Waals surface area contributed by atoms with Gasteiger partial charge in [0.25, 0.3) is 5.91 Å². The maximum atomic E-state index is 13.2. The van der Waals surface area contributed by atoms with E-state index in [4.69, 9.17) is 9.47 Å². The minimum atomic E-state index is -0.0683. The average molecular weight is 414 g/mol. The molecule has 0 unspecified atom stereocenters. The number of nitrogens with zero attached hydrogens (tertiary/aromatic N) is 1.